The fourth-order valence-electron chi connectivity index (χ4n) is 2.24. The Balaban J connectivity index is 1.81. The number of piperidine rings is 1. The first-order chi connectivity index (χ1) is 8.65. The topological polar surface area (TPSA) is 58.4 Å². The molecule has 4 nitrogen and oxygen atoms in total. The van der Waals surface area contributed by atoms with E-state index in [9.17, 15) is 4.79 Å². The number of rotatable bonds is 3. The molecular formula is C14H21N3O. The van der Waals surface area contributed by atoms with Gasteiger partial charge in [0, 0.05) is 18.3 Å². The Hall–Kier alpha value is -1.39. The molecule has 1 amide bonds. The molecule has 0 radical (unpaired) electrons. The van der Waals surface area contributed by atoms with Crippen molar-refractivity contribution >= 4 is 11.6 Å². The van der Waals surface area contributed by atoms with Crippen LogP contribution in [0.5, 0.6) is 0 Å². The molecule has 2 unspecified atom stereocenters. The number of para-hydroxylation sites is 1. The van der Waals surface area contributed by atoms with Gasteiger partial charge in [0.25, 0.3) is 0 Å². The third-order valence-corrected chi connectivity index (χ3v) is 3.53. The summed E-state index contributed by atoms with van der Waals surface area (Å²) >= 11 is 0. The standard InChI is InChI=1S/C14H21N3O/c1-11-7-8-17(9-13(11)15)10-14(18)16-12-5-3-2-4-6-12/h2-6,11,13H,7-10,15H2,1H3,(H,16,18). The van der Waals surface area contributed by atoms with E-state index in [1.165, 1.54) is 0 Å². The van der Waals surface area contributed by atoms with Gasteiger partial charge in [-0.15, -0.1) is 0 Å². The van der Waals surface area contributed by atoms with Gasteiger partial charge in [-0.1, -0.05) is 25.1 Å². The number of hydrogen-bond acceptors (Lipinski definition) is 3. The molecular weight excluding hydrogens is 226 g/mol. The summed E-state index contributed by atoms with van der Waals surface area (Å²) in [4.78, 5) is 14.0. The average Bonchev–Trinajstić information content (AvgIpc) is 2.35. The Morgan fingerprint density at radius 2 is 2.17 bits per heavy atom. The highest BCUT2D eigenvalue weighted by molar-refractivity contribution is 5.92. The Morgan fingerprint density at radius 1 is 1.44 bits per heavy atom. The maximum Gasteiger partial charge on any atom is 0.238 e. The zero-order chi connectivity index (χ0) is 13.0. The van der Waals surface area contributed by atoms with Gasteiger partial charge in [0.1, 0.15) is 0 Å². The van der Waals surface area contributed by atoms with Crippen LogP contribution in [0.1, 0.15) is 13.3 Å². The molecule has 1 fully saturated rings. The molecule has 1 heterocycles. The number of benzene rings is 1. The first-order valence-electron chi connectivity index (χ1n) is 6.48. The van der Waals surface area contributed by atoms with Crippen molar-refractivity contribution in [3.05, 3.63) is 30.3 Å². The molecule has 98 valence electrons. The van der Waals surface area contributed by atoms with Crippen molar-refractivity contribution in [1.29, 1.82) is 0 Å². The monoisotopic (exact) mass is 247 g/mol. The lowest BCUT2D eigenvalue weighted by Crippen LogP contribution is -2.49. The van der Waals surface area contributed by atoms with Crippen molar-refractivity contribution in [3.8, 4) is 0 Å². The second-order valence-electron chi connectivity index (χ2n) is 5.08. The first-order valence-corrected chi connectivity index (χ1v) is 6.48. The van der Waals surface area contributed by atoms with Crippen molar-refractivity contribution in [2.24, 2.45) is 11.7 Å². The van der Waals surface area contributed by atoms with E-state index >= 15 is 0 Å². The van der Waals surface area contributed by atoms with Crippen molar-refractivity contribution < 1.29 is 4.79 Å². The van der Waals surface area contributed by atoms with Gasteiger partial charge in [-0.25, -0.2) is 0 Å². The Morgan fingerprint density at radius 3 is 2.83 bits per heavy atom. The fraction of sp³-hybridized carbons (Fsp3) is 0.500. The number of anilines is 1. The molecule has 1 aliphatic rings. The lowest BCUT2D eigenvalue weighted by Gasteiger charge is -2.34. The molecule has 3 N–H and O–H groups in total. The maximum atomic E-state index is 11.9. The van der Waals surface area contributed by atoms with E-state index in [0.717, 1.165) is 25.2 Å². The molecule has 18 heavy (non-hydrogen) atoms. The number of nitrogens with two attached hydrogens (primary N) is 1. The van der Waals surface area contributed by atoms with Crippen molar-refractivity contribution in [3.63, 3.8) is 0 Å². The number of amides is 1. The molecule has 0 aromatic heterocycles. The van der Waals surface area contributed by atoms with Gasteiger partial charge in [-0.3, -0.25) is 9.69 Å². The highest BCUT2D eigenvalue weighted by Gasteiger charge is 2.24. The predicted molar refractivity (Wildman–Crippen MR) is 73.3 cm³/mol. The van der Waals surface area contributed by atoms with E-state index in [1.54, 1.807) is 0 Å². The lowest BCUT2D eigenvalue weighted by molar-refractivity contribution is -0.117. The molecule has 0 saturated carbocycles. The van der Waals surface area contributed by atoms with E-state index in [0.29, 0.717) is 12.5 Å². The normalized spacial score (nSPS) is 24.8. The van der Waals surface area contributed by atoms with E-state index in [2.05, 4.69) is 17.1 Å². The van der Waals surface area contributed by atoms with Gasteiger partial charge in [-0.05, 0) is 31.0 Å². The zero-order valence-electron chi connectivity index (χ0n) is 10.8. The highest BCUT2D eigenvalue weighted by Crippen LogP contribution is 2.15. The van der Waals surface area contributed by atoms with Crippen LogP contribution in [0.25, 0.3) is 0 Å². The quantitative estimate of drug-likeness (QED) is 0.846. The Bertz CT molecular complexity index is 393. The predicted octanol–water partition coefficient (Wildman–Crippen LogP) is 1.29. The summed E-state index contributed by atoms with van der Waals surface area (Å²) in [6.45, 7) is 4.36. The van der Waals surface area contributed by atoms with Crippen molar-refractivity contribution in [2.75, 3.05) is 25.0 Å². The van der Waals surface area contributed by atoms with E-state index in [-0.39, 0.29) is 11.9 Å². The van der Waals surface area contributed by atoms with Gasteiger partial charge >= 0.3 is 0 Å². The molecule has 0 spiro atoms. The van der Waals surface area contributed by atoms with Crippen LogP contribution < -0.4 is 11.1 Å². The van der Waals surface area contributed by atoms with Gasteiger partial charge in [0.2, 0.25) is 5.91 Å². The number of hydrogen-bond donors (Lipinski definition) is 2. The number of nitrogens with one attached hydrogen (secondary N) is 1. The zero-order valence-corrected chi connectivity index (χ0v) is 10.8. The van der Waals surface area contributed by atoms with Gasteiger partial charge in [-0.2, -0.15) is 0 Å². The third-order valence-electron chi connectivity index (χ3n) is 3.53. The smallest absolute Gasteiger partial charge is 0.238 e. The van der Waals surface area contributed by atoms with Crippen LogP contribution in [0.2, 0.25) is 0 Å². The second-order valence-corrected chi connectivity index (χ2v) is 5.08. The molecule has 2 rings (SSSR count). The lowest BCUT2D eigenvalue weighted by atomic mass is 9.94. The Kier molecular flexibility index (Phi) is 4.33. The molecule has 2 atom stereocenters. The van der Waals surface area contributed by atoms with Crippen LogP contribution in [0, 0.1) is 5.92 Å². The average molecular weight is 247 g/mol. The van der Waals surface area contributed by atoms with Crippen LogP contribution >= 0.6 is 0 Å². The number of carbonyl (C=O) groups excluding carboxylic acids is 1. The largest absolute Gasteiger partial charge is 0.326 e. The van der Waals surface area contributed by atoms with Gasteiger partial charge < -0.3 is 11.1 Å². The number of carbonyl (C=O) groups is 1. The Labute approximate surface area is 108 Å². The number of nitrogens with zero attached hydrogens (tertiary/aromatic N) is 1. The SMILES string of the molecule is CC1CCN(CC(=O)Nc2ccccc2)CC1N. The maximum absolute atomic E-state index is 11.9. The molecule has 0 bridgehead atoms. The van der Waals surface area contributed by atoms with Crippen LogP contribution in [0.4, 0.5) is 5.69 Å². The highest BCUT2D eigenvalue weighted by atomic mass is 16.2. The number of likely N-dealkylation sites (tertiary alicyclic amines) is 1. The minimum absolute atomic E-state index is 0.0305. The summed E-state index contributed by atoms with van der Waals surface area (Å²) in [5, 5.41) is 2.89. The second kappa shape index (κ2) is 5.98. The minimum atomic E-state index is 0.0305. The van der Waals surface area contributed by atoms with E-state index in [4.69, 9.17) is 5.73 Å². The molecule has 1 aromatic carbocycles. The summed E-state index contributed by atoms with van der Waals surface area (Å²) in [7, 11) is 0. The summed E-state index contributed by atoms with van der Waals surface area (Å²) in [5.41, 5.74) is 6.87. The van der Waals surface area contributed by atoms with Crippen LogP contribution in [0.15, 0.2) is 30.3 Å². The minimum Gasteiger partial charge on any atom is -0.326 e. The third kappa shape index (κ3) is 3.55. The molecule has 1 aromatic rings. The fourth-order valence-corrected chi connectivity index (χ4v) is 2.24. The summed E-state index contributed by atoms with van der Waals surface area (Å²) in [6, 6.07) is 9.72. The van der Waals surface area contributed by atoms with Crippen LogP contribution in [-0.2, 0) is 4.79 Å². The van der Waals surface area contributed by atoms with Gasteiger partial charge in [0.15, 0.2) is 0 Å². The van der Waals surface area contributed by atoms with Crippen molar-refractivity contribution in [1.82, 2.24) is 4.90 Å². The van der Waals surface area contributed by atoms with Crippen LogP contribution in [-0.4, -0.2) is 36.5 Å². The molecule has 1 aliphatic heterocycles. The molecule has 1 saturated heterocycles. The molecule has 4 heteroatoms. The summed E-state index contributed by atoms with van der Waals surface area (Å²) in [5.74, 6) is 0.585. The summed E-state index contributed by atoms with van der Waals surface area (Å²) < 4.78 is 0. The van der Waals surface area contributed by atoms with E-state index in [1.807, 2.05) is 30.3 Å². The van der Waals surface area contributed by atoms with Gasteiger partial charge in [0.05, 0.1) is 6.54 Å². The summed E-state index contributed by atoms with van der Waals surface area (Å²) in [6.07, 6.45) is 1.07. The molecule has 0 aliphatic carbocycles. The van der Waals surface area contributed by atoms with Crippen molar-refractivity contribution in [2.45, 2.75) is 19.4 Å². The first kappa shape index (κ1) is 13.1. The van der Waals surface area contributed by atoms with Crippen LogP contribution in [0.3, 0.4) is 0 Å². The van der Waals surface area contributed by atoms with E-state index < -0.39 is 0 Å².